The minimum absolute atomic E-state index is 0.0718. The van der Waals surface area contributed by atoms with Crippen molar-refractivity contribution in [1.29, 1.82) is 5.26 Å². The van der Waals surface area contributed by atoms with Gasteiger partial charge in [-0.25, -0.2) is 4.85 Å². The molecule has 0 aromatic heterocycles. The van der Waals surface area contributed by atoms with E-state index >= 15 is 0 Å². The van der Waals surface area contributed by atoms with E-state index < -0.39 is 0 Å². The standard InChI is InChI=1S/C21H22N4/c1-12-10-13(2)20(15(4)14(12)3)25-16(5)24(7)21-17(11-22)18(23-6)8-9-19(21)25/h8-10,16H,1-5,7H3/t16-/m0/s1. The van der Waals surface area contributed by atoms with E-state index in [9.17, 15) is 5.26 Å². The summed E-state index contributed by atoms with van der Waals surface area (Å²) in [7, 11) is 1.99. The van der Waals surface area contributed by atoms with Gasteiger partial charge in [-0.3, -0.25) is 0 Å². The Morgan fingerprint density at radius 2 is 1.76 bits per heavy atom. The van der Waals surface area contributed by atoms with E-state index in [0.717, 1.165) is 11.4 Å². The van der Waals surface area contributed by atoms with Crippen molar-refractivity contribution in [3.63, 3.8) is 0 Å². The van der Waals surface area contributed by atoms with Crippen LogP contribution in [0, 0.1) is 45.6 Å². The molecule has 4 heteroatoms. The van der Waals surface area contributed by atoms with E-state index in [1.165, 1.54) is 27.9 Å². The lowest BCUT2D eigenvalue weighted by atomic mass is 9.97. The molecule has 0 spiro atoms. The Bertz CT molecular complexity index is 960. The van der Waals surface area contributed by atoms with Gasteiger partial charge >= 0.3 is 0 Å². The van der Waals surface area contributed by atoms with E-state index in [4.69, 9.17) is 6.57 Å². The van der Waals surface area contributed by atoms with Gasteiger partial charge in [0.1, 0.15) is 6.17 Å². The molecule has 2 aromatic carbocycles. The van der Waals surface area contributed by atoms with Crippen molar-refractivity contribution in [1.82, 2.24) is 0 Å². The third-order valence-corrected chi connectivity index (χ3v) is 5.47. The maximum atomic E-state index is 9.63. The van der Waals surface area contributed by atoms with Crippen LogP contribution in [0.5, 0.6) is 0 Å². The summed E-state index contributed by atoms with van der Waals surface area (Å²) in [6.07, 6.45) is 0.0718. The van der Waals surface area contributed by atoms with Crippen LogP contribution < -0.4 is 9.80 Å². The van der Waals surface area contributed by atoms with Crippen LogP contribution in [0.2, 0.25) is 0 Å². The lowest BCUT2D eigenvalue weighted by Crippen LogP contribution is -2.36. The van der Waals surface area contributed by atoms with Crippen LogP contribution in [-0.4, -0.2) is 13.2 Å². The number of rotatable bonds is 1. The highest BCUT2D eigenvalue weighted by Crippen LogP contribution is 2.49. The Hall–Kier alpha value is -2.98. The Kier molecular flexibility index (Phi) is 3.93. The number of fused-ring (bicyclic) bond motifs is 1. The first-order chi connectivity index (χ1) is 11.8. The van der Waals surface area contributed by atoms with Gasteiger partial charge < -0.3 is 9.80 Å². The third kappa shape index (κ3) is 2.26. The number of anilines is 3. The highest BCUT2D eigenvalue weighted by Gasteiger charge is 2.36. The smallest absolute Gasteiger partial charge is 0.206 e. The van der Waals surface area contributed by atoms with Gasteiger partial charge in [-0.15, -0.1) is 0 Å². The van der Waals surface area contributed by atoms with Gasteiger partial charge in [0.25, 0.3) is 0 Å². The maximum absolute atomic E-state index is 9.63. The van der Waals surface area contributed by atoms with Crippen molar-refractivity contribution in [2.24, 2.45) is 0 Å². The van der Waals surface area contributed by atoms with Crippen LogP contribution >= 0.6 is 0 Å². The molecule has 126 valence electrons. The van der Waals surface area contributed by atoms with Crippen molar-refractivity contribution >= 4 is 22.7 Å². The summed E-state index contributed by atoms with van der Waals surface area (Å²) in [6, 6.07) is 8.19. The molecule has 4 nitrogen and oxygen atoms in total. The fourth-order valence-corrected chi connectivity index (χ4v) is 3.83. The molecule has 0 radical (unpaired) electrons. The fourth-order valence-electron chi connectivity index (χ4n) is 3.83. The SMILES string of the molecule is [C-]#[N+]c1ccc2c(c1C#N)N(C)[C@H](C)N2c1c(C)cc(C)c(C)c1C. The van der Waals surface area contributed by atoms with Gasteiger partial charge in [-0.05, 0) is 62.9 Å². The average Bonchev–Trinajstić information content (AvgIpc) is 2.84. The second kappa shape index (κ2) is 5.83. The molecule has 25 heavy (non-hydrogen) atoms. The van der Waals surface area contributed by atoms with Gasteiger partial charge in [0.15, 0.2) is 0 Å². The summed E-state index contributed by atoms with van der Waals surface area (Å²) in [5, 5.41) is 9.63. The van der Waals surface area contributed by atoms with Crippen molar-refractivity contribution < 1.29 is 0 Å². The van der Waals surface area contributed by atoms with Crippen LogP contribution in [0.4, 0.5) is 22.7 Å². The molecule has 1 aliphatic heterocycles. The fraction of sp³-hybridized carbons (Fsp3) is 0.333. The maximum Gasteiger partial charge on any atom is 0.206 e. The largest absolute Gasteiger partial charge is 0.352 e. The lowest BCUT2D eigenvalue weighted by molar-refractivity contribution is 0.730. The lowest BCUT2D eigenvalue weighted by Gasteiger charge is -2.31. The van der Waals surface area contributed by atoms with Crippen molar-refractivity contribution in [2.75, 3.05) is 16.8 Å². The minimum atomic E-state index is 0.0718. The van der Waals surface area contributed by atoms with Crippen molar-refractivity contribution in [2.45, 2.75) is 40.8 Å². The van der Waals surface area contributed by atoms with Crippen LogP contribution in [0.15, 0.2) is 18.2 Å². The zero-order valence-corrected chi connectivity index (χ0v) is 15.6. The summed E-state index contributed by atoms with van der Waals surface area (Å²) in [6.45, 7) is 18.1. The van der Waals surface area contributed by atoms with Gasteiger partial charge in [0, 0.05) is 12.7 Å². The van der Waals surface area contributed by atoms with Crippen LogP contribution in [0.3, 0.4) is 0 Å². The molecule has 1 heterocycles. The van der Waals surface area contributed by atoms with Crippen LogP contribution in [0.25, 0.3) is 4.85 Å². The molecule has 0 amide bonds. The normalized spacial score (nSPS) is 15.8. The first-order valence-corrected chi connectivity index (χ1v) is 8.37. The van der Waals surface area contributed by atoms with Gasteiger partial charge in [0.2, 0.25) is 5.69 Å². The average molecular weight is 330 g/mol. The first kappa shape index (κ1) is 16.9. The van der Waals surface area contributed by atoms with Crippen molar-refractivity contribution in [3.8, 4) is 6.07 Å². The predicted octanol–water partition coefficient (Wildman–Crippen LogP) is 5.28. The monoisotopic (exact) mass is 330 g/mol. The summed E-state index contributed by atoms with van der Waals surface area (Å²) >= 11 is 0. The minimum Gasteiger partial charge on any atom is -0.352 e. The quantitative estimate of drug-likeness (QED) is 0.667. The number of nitrogens with zero attached hydrogens (tertiary/aromatic N) is 4. The number of aryl methyl sites for hydroxylation is 2. The molecule has 1 atom stereocenters. The molecular weight excluding hydrogens is 308 g/mol. The molecular formula is C21H22N4. The molecule has 0 unspecified atom stereocenters. The molecule has 0 saturated heterocycles. The summed E-state index contributed by atoms with van der Waals surface area (Å²) in [5.41, 5.74) is 8.98. The Balaban J connectivity index is 2.33. The summed E-state index contributed by atoms with van der Waals surface area (Å²) < 4.78 is 0. The van der Waals surface area contributed by atoms with Crippen molar-refractivity contribution in [3.05, 3.63) is 57.4 Å². The van der Waals surface area contributed by atoms with E-state index in [1.54, 1.807) is 6.07 Å². The van der Waals surface area contributed by atoms with Crippen LogP contribution in [-0.2, 0) is 0 Å². The molecule has 0 fully saturated rings. The van der Waals surface area contributed by atoms with Crippen LogP contribution in [0.1, 0.15) is 34.7 Å². The second-order valence-corrected chi connectivity index (χ2v) is 6.77. The van der Waals surface area contributed by atoms with E-state index in [2.05, 4.69) is 61.4 Å². The van der Waals surface area contributed by atoms with Gasteiger partial charge in [-0.2, -0.15) is 5.26 Å². The van der Waals surface area contributed by atoms with Gasteiger partial charge in [0.05, 0.1) is 29.6 Å². The summed E-state index contributed by atoms with van der Waals surface area (Å²) in [4.78, 5) is 7.91. The zero-order chi connectivity index (χ0) is 18.5. The number of benzene rings is 2. The van der Waals surface area contributed by atoms with E-state index in [0.29, 0.717) is 11.3 Å². The highest BCUT2D eigenvalue weighted by molar-refractivity contribution is 5.92. The summed E-state index contributed by atoms with van der Waals surface area (Å²) in [5.74, 6) is 0. The number of hydrogen-bond donors (Lipinski definition) is 0. The Morgan fingerprint density at radius 1 is 1.08 bits per heavy atom. The number of hydrogen-bond acceptors (Lipinski definition) is 3. The molecule has 3 rings (SSSR count). The molecule has 1 aliphatic rings. The molecule has 2 aromatic rings. The molecule has 0 aliphatic carbocycles. The first-order valence-electron chi connectivity index (χ1n) is 8.37. The molecule has 0 bridgehead atoms. The second-order valence-electron chi connectivity index (χ2n) is 6.77. The Morgan fingerprint density at radius 3 is 2.36 bits per heavy atom. The topological polar surface area (TPSA) is 34.6 Å². The van der Waals surface area contributed by atoms with Gasteiger partial charge in [-0.1, -0.05) is 12.1 Å². The highest BCUT2D eigenvalue weighted by atomic mass is 15.4. The predicted molar refractivity (Wildman–Crippen MR) is 103 cm³/mol. The van der Waals surface area contributed by atoms with E-state index in [-0.39, 0.29) is 6.17 Å². The Labute approximate surface area is 149 Å². The molecule has 0 saturated carbocycles. The van der Waals surface area contributed by atoms with E-state index in [1.807, 2.05) is 13.1 Å². The zero-order valence-electron chi connectivity index (χ0n) is 15.6. The third-order valence-electron chi connectivity index (χ3n) is 5.47. The number of nitriles is 1. The molecule has 0 N–H and O–H groups in total.